The molecular formula is C15H16N2O4. The summed E-state index contributed by atoms with van der Waals surface area (Å²) in [7, 11) is 2.83. The molecule has 0 radical (unpaired) electrons. The van der Waals surface area contributed by atoms with E-state index in [0.29, 0.717) is 12.2 Å². The third kappa shape index (κ3) is 3.17. The zero-order valence-corrected chi connectivity index (χ0v) is 12.1. The molecule has 0 unspecified atom stereocenters. The lowest BCUT2D eigenvalue weighted by Gasteiger charge is -2.09. The predicted molar refractivity (Wildman–Crippen MR) is 76.6 cm³/mol. The number of rotatable bonds is 4. The number of hydrogen-bond acceptors (Lipinski definition) is 5. The molecule has 0 spiro atoms. The van der Waals surface area contributed by atoms with Gasteiger partial charge in [-0.05, 0) is 24.6 Å². The van der Waals surface area contributed by atoms with E-state index < -0.39 is 11.4 Å². The fourth-order valence-corrected chi connectivity index (χ4v) is 1.93. The summed E-state index contributed by atoms with van der Waals surface area (Å²) >= 11 is 0. The molecule has 0 aliphatic heterocycles. The number of esters is 1. The molecule has 0 atom stereocenters. The Bertz CT molecular complexity index is 722. The summed E-state index contributed by atoms with van der Waals surface area (Å²) in [5.41, 5.74) is 1.47. The van der Waals surface area contributed by atoms with Crippen LogP contribution in [0.15, 0.2) is 35.3 Å². The molecule has 0 amide bonds. The van der Waals surface area contributed by atoms with Gasteiger partial charge in [-0.15, -0.1) is 0 Å². The van der Waals surface area contributed by atoms with Gasteiger partial charge < -0.3 is 9.47 Å². The normalized spacial score (nSPS) is 10.4. The van der Waals surface area contributed by atoms with Crippen LogP contribution in [0.5, 0.6) is 0 Å². The van der Waals surface area contributed by atoms with Crippen molar-refractivity contribution in [3.63, 3.8) is 0 Å². The smallest absolute Gasteiger partial charge is 0.362 e. The fraction of sp³-hybridized carbons (Fsp3) is 0.267. The molecule has 2 aromatic rings. The standard InChI is InChI=1S/C15H16N2O4/c1-10-8-17(16-13(14(10)18)15(19)21-3)12-6-4-5-11(7-12)9-20-2/h4-8H,9H2,1-3H3. The minimum atomic E-state index is -0.745. The van der Waals surface area contributed by atoms with Crippen molar-refractivity contribution in [1.82, 2.24) is 9.78 Å². The van der Waals surface area contributed by atoms with Gasteiger partial charge in [-0.3, -0.25) is 4.79 Å². The van der Waals surface area contributed by atoms with Gasteiger partial charge in [0, 0.05) is 18.9 Å². The summed E-state index contributed by atoms with van der Waals surface area (Å²) in [6.07, 6.45) is 1.58. The maximum atomic E-state index is 11.9. The lowest BCUT2D eigenvalue weighted by Crippen LogP contribution is -2.24. The van der Waals surface area contributed by atoms with Crippen LogP contribution in [0, 0.1) is 6.92 Å². The SMILES string of the molecule is COCc1cccc(-n2cc(C)c(=O)c(C(=O)OC)n2)c1. The van der Waals surface area contributed by atoms with Gasteiger partial charge in [0.25, 0.3) is 0 Å². The van der Waals surface area contributed by atoms with Crippen molar-refractivity contribution >= 4 is 5.97 Å². The van der Waals surface area contributed by atoms with Gasteiger partial charge in [0.15, 0.2) is 0 Å². The predicted octanol–water partition coefficient (Wildman–Crippen LogP) is 1.47. The molecule has 0 fully saturated rings. The van der Waals surface area contributed by atoms with E-state index in [0.717, 1.165) is 11.3 Å². The topological polar surface area (TPSA) is 70.4 Å². The third-order valence-electron chi connectivity index (χ3n) is 2.96. The molecular weight excluding hydrogens is 272 g/mol. The molecule has 2 rings (SSSR count). The van der Waals surface area contributed by atoms with Crippen molar-refractivity contribution in [2.24, 2.45) is 0 Å². The highest BCUT2D eigenvalue weighted by molar-refractivity contribution is 5.87. The molecule has 0 aliphatic rings. The van der Waals surface area contributed by atoms with Crippen molar-refractivity contribution in [1.29, 1.82) is 0 Å². The number of hydrogen-bond donors (Lipinski definition) is 0. The average Bonchev–Trinajstić information content (AvgIpc) is 2.49. The highest BCUT2D eigenvalue weighted by Gasteiger charge is 2.16. The van der Waals surface area contributed by atoms with Crippen molar-refractivity contribution in [2.45, 2.75) is 13.5 Å². The van der Waals surface area contributed by atoms with Crippen LogP contribution in [0.2, 0.25) is 0 Å². The van der Waals surface area contributed by atoms with Gasteiger partial charge >= 0.3 is 5.97 Å². The maximum absolute atomic E-state index is 11.9. The first-order chi connectivity index (χ1) is 10.1. The molecule has 0 bridgehead atoms. The first kappa shape index (κ1) is 14.9. The molecule has 1 heterocycles. The molecule has 0 N–H and O–H groups in total. The monoisotopic (exact) mass is 288 g/mol. The van der Waals surface area contributed by atoms with Gasteiger partial charge in [0.2, 0.25) is 11.1 Å². The van der Waals surface area contributed by atoms with Gasteiger partial charge in [0.05, 0.1) is 19.4 Å². The Kier molecular flexibility index (Phi) is 4.49. The minimum absolute atomic E-state index is 0.227. The molecule has 6 nitrogen and oxygen atoms in total. The summed E-state index contributed by atoms with van der Waals surface area (Å²) in [4.78, 5) is 23.5. The molecule has 1 aromatic heterocycles. The van der Waals surface area contributed by atoms with Crippen LogP contribution in [0.4, 0.5) is 0 Å². The molecule has 1 aromatic carbocycles. The van der Waals surface area contributed by atoms with E-state index in [9.17, 15) is 9.59 Å². The lowest BCUT2D eigenvalue weighted by atomic mass is 10.2. The largest absolute Gasteiger partial charge is 0.464 e. The van der Waals surface area contributed by atoms with Crippen LogP contribution in [0.1, 0.15) is 21.6 Å². The molecule has 110 valence electrons. The second-order valence-electron chi connectivity index (χ2n) is 4.53. The van der Waals surface area contributed by atoms with E-state index in [-0.39, 0.29) is 5.69 Å². The molecule has 0 saturated carbocycles. The zero-order valence-electron chi connectivity index (χ0n) is 12.1. The Morgan fingerprint density at radius 3 is 2.76 bits per heavy atom. The van der Waals surface area contributed by atoms with Gasteiger partial charge in [-0.1, -0.05) is 12.1 Å². The number of methoxy groups -OCH3 is 2. The third-order valence-corrected chi connectivity index (χ3v) is 2.96. The number of carbonyl (C=O) groups is 1. The Morgan fingerprint density at radius 2 is 2.10 bits per heavy atom. The molecule has 0 aliphatic carbocycles. The van der Waals surface area contributed by atoms with Gasteiger partial charge in [-0.2, -0.15) is 5.10 Å². The lowest BCUT2D eigenvalue weighted by molar-refractivity contribution is 0.0590. The van der Waals surface area contributed by atoms with Gasteiger partial charge in [-0.25, -0.2) is 9.48 Å². The molecule has 6 heteroatoms. The first-order valence-electron chi connectivity index (χ1n) is 6.34. The summed E-state index contributed by atoms with van der Waals surface area (Å²) < 4.78 is 11.2. The van der Waals surface area contributed by atoms with Gasteiger partial charge in [0.1, 0.15) is 0 Å². The number of aryl methyl sites for hydroxylation is 1. The quantitative estimate of drug-likeness (QED) is 0.797. The van der Waals surface area contributed by atoms with E-state index in [1.165, 1.54) is 11.8 Å². The highest BCUT2D eigenvalue weighted by atomic mass is 16.5. The van der Waals surface area contributed by atoms with E-state index in [2.05, 4.69) is 9.84 Å². The summed E-state index contributed by atoms with van der Waals surface area (Å²) in [6.45, 7) is 2.10. The Labute approximate surface area is 121 Å². The van der Waals surface area contributed by atoms with E-state index in [1.807, 2.05) is 24.3 Å². The number of aromatic nitrogens is 2. The average molecular weight is 288 g/mol. The molecule has 21 heavy (non-hydrogen) atoms. The van der Waals surface area contributed by atoms with Crippen LogP contribution >= 0.6 is 0 Å². The van der Waals surface area contributed by atoms with Crippen molar-refractivity contribution in [3.05, 3.63) is 57.5 Å². The minimum Gasteiger partial charge on any atom is -0.464 e. The highest BCUT2D eigenvalue weighted by Crippen LogP contribution is 2.11. The summed E-state index contributed by atoms with van der Waals surface area (Å²) in [5, 5.41) is 4.06. The number of nitrogens with zero attached hydrogens (tertiary/aromatic N) is 2. The van der Waals surface area contributed by atoms with E-state index in [1.54, 1.807) is 20.2 Å². The van der Waals surface area contributed by atoms with Crippen molar-refractivity contribution in [3.8, 4) is 5.69 Å². The van der Waals surface area contributed by atoms with Crippen molar-refractivity contribution in [2.75, 3.05) is 14.2 Å². The Morgan fingerprint density at radius 1 is 1.33 bits per heavy atom. The maximum Gasteiger partial charge on any atom is 0.362 e. The second kappa shape index (κ2) is 6.32. The Hall–Kier alpha value is -2.47. The summed E-state index contributed by atoms with van der Waals surface area (Å²) in [5.74, 6) is -0.745. The number of carbonyl (C=O) groups excluding carboxylic acids is 1. The Balaban J connectivity index is 2.54. The number of ether oxygens (including phenoxy) is 2. The van der Waals surface area contributed by atoms with Crippen LogP contribution in [0.25, 0.3) is 5.69 Å². The first-order valence-corrected chi connectivity index (χ1v) is 6.34. The van der Waals surface area contributed by atoms with Crippen LogP contribution < -0.4 is 5.43 Å². The zero-order chi connectivity index (χ0) is 15.4. The molecule has 0 saturated heterocycles. The summed E-state index contributed by atoms with van der Waals surface area (Å²) in [6, 6.07) is 7.48. The van der Waals surface area contributed by atoms with Crippen LogP contribution in [-0.4, -0.2) is 30.0 Å². The van der Waals surface area contributed by atoms with Crippen LogP contribution in [-0.2, 0) is 16.1 Å². The number of benzene rings is 1. The van der Waals surface area contributed by atoms with E-state index in [4.69, 9.17) is 4.74 Å². The fourth-order valence-electron chi connectivity index (χ4n) is 1.93. The van der Waals surface area contributed by atoms with Crippen molar-refractivity contribution < 1.29 is 14.3 Å². The van der Waals surface area contributed by atoms with Crippen LogP contribution in [0.3, 0.4) is 0 Å². The van der Waals surface area contributed by atoms with E-state index >= 15 is 0 Å². The second-order valence-corrected chi connectivity index (χ2v) is 4.53.